The third kappa shape index (κ3) is 1.54. The maximum atomic E-state index is 5.72. The standard InChI is InChI=1S/C9H15N3O/c1-6-8(9(10)13-12-6)7-2-4-11-5-3-7/h7,11H,2-5,10H2,1H3. The van der Waals surface area contributed by atoms with Crippen LogP contribution in [0.25, 0.3) is 0 Å². The third-order valence-corrected chi connectivity index (χ3v) is 2.68. The van der Waals surface area contributed by atoms with Gasteiger partial charge in [-0.3, -0.25) is 0 Å². The quantitative estimate of drug-likeness (QED) is 0.679. The van der Waals surface area contributed by atoms with Crippen LogP contribution < -0.4 is 11.1 Å². The van der Waals surface area contributed by atoms with Crippen LogP contribution >= 0.6 is 0 Å². The van der Waals surface area contributed by atoms with Crippen molar-refractivity contribution in [2.45, 2.75) is 25.7 Å². The van der Waals surface area contributed by atoms with Gasteiger partial charge in [0.1, 0.15) is 0 Å². The molecule has 13 heavy (non-hydrogen) atoms. The molecule has 1 aliphatic rings. The van der Waals surface area contributed by atoms with Gasteiger partial charge < -0.3 is 15.6 Å². The van der Waals surface area contributed by atoms with Crippen LogP contribution in [0.5, 0.6) is 0 Å². The summed E-state index contributed by atoms with van der Waals surface area (Å²) in [6.07, 6.45) is 2.26. The summed E-state index contributed by atoms with van der Waals surface area (Å²) in [6.45, 7) is 4.08. The minimum atomic E-state index is 0.504. The Balaban J connectivity index is 2.22. The second kappa shape index (κ2) is 3.38. The van der Waals surface area contributed by atoms with Crippen LogP contribution in [-0.2, 0) is 0 Å². The van der Waals surface area contributed by atoms with Crippen LogP contribution in [0, 0.1) is 6.92 Å². The van der Waals surface area contributed by atoms with Gasteiger partial charge in [0.15, 0.2) is 0 Å². The van der Waals surface area contributed by atoms with Crippen LogP contribution in [0.4, 0.5) is 5.88 Å². The van der Waals surface area contributed by atoms with Gasteiger partial charge in [-0.15, -0.1) is 0 Å². The molecule has 0 unspecified atom stereocenters. The van der Waals surface area contributed by atoms with Gasteiger partial charge in [-0.25, -0.2) is 0 Å². The molecule has 3 N–H and O–H groups in total. The molecule has 1 aromatic rings. The van der Waals surface area contributed by atoms with Crippen LogP contribution in [0.3, 0.4) is 0 Å². The second-order valence-corrected chi connectivity index (χ2v) is 3.57. The molecular weight excluding hydrogens is 166 g/mol. The van der Waals surface area contributed by atoms with Crippen molar-refractivity contribution in [2.24, 2.45) is 0 Å². The zero-order chi connectivity index (χ0) is 9.26. The van der Waals surface area contributed by atoms with E-state index in [1.165, 1.54) is 0 Å². The highest BCUT2D eigenvalue weighted by Gasteiger charge is 2.22. The Morgan fingerprint density at radius 2 is 2.15 bits per heavy atom. The molecule has 0 radical (unpaired) electrons. The van der Waals surface area contributed by atoms with E-state index in [2.05, 4.69) is 10.5 Å². The summed E-state index contributed by atoms with van der Waals surface area (Å²) in [4.78, 5) is 0. The predicted molar refractivity (Wildman–Crippen MR) is 50.5 cm³/mol. The Hall–Kier alpha value is -1.03. The van der Waals surface area contributed by atoms with Gasteiger partial charge in [0.25, 0.3) is 0 Å². The molecule has 2 heterocycles. The SMILES string of the molecule is Cc1noc(N)c1C1CCNCC1. The molecule has 0 bridgehead atoms. The van der Waals surface area contributed by atoms with Crippen molar-refractivity contribution in [1.29, 1.82) is 0 Å². The monoisotopic (exact) mass is 181 g/mol. The number of nitrogens with one attached hydrogen (secondary N) is 1. The molecule has 0 amide bonds. The Bertz CT molecular complexity index is 270. The van der Waals surface area contributed by atoms with Gasteiger partial charge in [0, 0.05) is 5.56 Å². The number of hydrogen-bond donors (Lipinski definition) is 2. The van der Waals surface area contributed by atoms with Gasteiger partial charge in [-0.05, 0) is 38.8 Å². The fraction of sp³-hybridized carbons (Fsp3) is 0.667. The molecule has 2 rings (SSSR count). The number of aryl methyl sites for hydroxylation is 1. The van der Waals surface area contributed by atoms with E-state index < -0.39 is 0 Å². The molecule has 1 saturated heterocycles. The van der Waals surface area contributed by atoms with E-state index in [1.54, 1.807) is 0 Å². The molecule has 0 atom stereocenters. The fourth-order valence-corrected chi connectivity index (χ4v) is 2.00. The normalized spacial score (nSPS) is 19.2. The zero-order valence-corrected chi connectivity index (χ0v) is 7.84. The smallest absolute Gasteiger partial charge is 0.225 e. The van der Waals surface area contributed by atoms with E-state index in [0.29, 0.717) is 11.8 Å². The topological polar surface area (TPSA) is 64.1 Å². The first kappa shape index (κ1) is 8.56. The molecule has 0 saturated carbocycles. The van der Waals surface area contributed by atoms with Gasteiger partial charge in [-0.1, -0.05) is 5.16 Å². The summed E-state index contributed by atoms with van der Waals surface area (Å²) in [5, 5.41) is 7.19. The lowest BCUT2D eigenvalue weighted by molar-refractivity contribution is 0.428. The number of anilines is 1. The lowest BCUT2D eigenvalue weighted by Crippen LogP contribution is -2.27. The van der Waals surface area contributed by atoms with Crippen LogP contribution in [0.15, 0.2) is 4.52 Å². The zero-order valence-electron chi connectivity index (χ0n) is 7.84. The summed E-state index contributed by atoms with van der Waals surface area (Å²) in [7, 11) is 0. The number of nitrogen functional groups attached to an aromatic ring is 1. The molecule has 0 spiro atoms. The average molecular weight is 181 g/mol. The Morgan fingerprint density at radius 1 is 1.46 bits per heavy atom. The van der Waals surface area contributed by atoms with Crippen molar-refractivity contribution in [2.75, 3.05) is 18.8 Å². The first-order chi connectivity index (χ1) is 6.29. The fourth-order valence-electron chi connectivity index (χ4n) is 2.00. The van der Waals surface area contributed by atoms with Crippen molar-refractivity contribution < 1.29 is 4.52 Å². The minimum absolute atomic E-state index is 0.504. The van der Waals surface area contributed by atoms with Gasteiger partial charge >= 0.3 is 0 Å². The molecular formula is C9H15N3O. The van der Waals surface area contributed by atoms with Crippen molar-refractivity contribution in [3.63, 3.8) is 0 Å². The van der Waals surface area contributed by atoms with E-state index >= 15 is 0 Å². The number of nitrogens with zero attached hydrogens (tertiary/aromatic N) is 1. The van der Waals surface area contributed by atoms with E-state index in [1.807, 2.05) is 6.92 Å². The molecule has 1 fully saturated rings. The average Bonchev–Trinajstić information content (AvgIpc) is 2.48. The minimum Gasteiger partial charge on any atom is -0.367 e. The summed E-state index contributed by atoms with van der Waals surface area (Å²) in [5.41, 5.74) is 7.80. The summed E-state index contributed by atoms with van der Waals surface area (Å²) in [6, 6.07) is 0. The van der Waals surface area contributed by atoms with Crippen molar-refractivity contribution >= 4 is 5.88 Å². The van der Waals surface area contributed by atoms with Crippen LogP contribution in [-0.4, -0.2) is 18.2 Å². The summed E-state index contributed by atoms with van der Waals surface area (Å²) in [5.74, 6) is 1.04. The van der Waals surface area contributed by atoms with E-state index in [0.717, 1.165) is 37.2 Å². The van der Waals surface area contributed by atoms with Crippen LogP contribution in [0.1, 0.15) is 30.0 Å². The number of hydrogen-bond acceptors (Lipinski definition) is 4. The maximum Gasteiger partial charge on any atom is 0.225 e. The largest absolute Gasteiger partial charge is 0.367 e. The Labute approximate surface area is 77.5 Å². The Morgan fingerprint density at radius 3 is 2.69 bits per heavy atom. The highest BCUT2D eigenvalue weighted by atomic mass is 16.5. The van der Waals surface area contributed by atoms with Crippen LogP contribution in [0.2, 0.25) is 0 Å². The molecule has 4 nitrogen and oxygen atoms in total. The first-order valence-corrected chi connectivity index (χ1v) is 4.71. The van der Waals surface area contributed by atoms with E-state index in [-0.39, 0.29) is 0 Å². The van der Waals surface area contributed by atoms with Crippen molar-refractivity contribution in [3.05, 3.63) is 11.3 Å². The lowest BCUT2D eigenvalue weighted by atomic mass is 9.90. The molecule has 72 valence electrons. The maximum absolute atomic E-state index is 5.72. The highest BCUT2D eigenvalue weighted by Crippen LogP contribution is 2.31. The van der Waals surface area contributed by atoms with Gasteiger partial charge in [0.05, 0.1) is 5.69 Å². The number of piperidine rings is 1. The van der Waals surface area contributed by atoms with Crippen molar-refractivity contribution in [3.8, 4) is 0 Å². The van der Waals surface area contributed by atoms with Gasteiger partial charge in [-0.2, -0.15) is 0 Å². The number of rotatable bonds is 1. The highest BCUT2D eigenvalue weighted by molar-refractivity contribution is 5.41. The summed E-state index contributed by atoms with van der Waals surface area (Å²) < 4.78 is 4.96. The molecule has 0 aliphatic carbocycles. The lowest BCUT2D eigenvalue weighted by Gasteiger charge is -2.21. The van der Waals surface area contributed by atoms with Gasteiger partial charge in [0.2, 0.25) is 5.88 Å². The number of nitrogens with two attached hydrogens (primary N) is 1. The molecule has 0 aromatic carbocycles. The molecule has 4 heteroatoms. The molecule has 1 aromatic heterocycles. The number of aromatic nitrogens is 1. The molecule has 1 aliphatic heterocycles. The third-order valence-electron chi connectivity index (χ3n) is 2.68. The Kier molecular flexibility index (Phi) is 2.22. The van der Waals surface area contributed by atoms with E-state index in [4.69, 9.17) is 10.3 Å². The predicted octanol–water partition coefficient (Wildman–Crippen LogP) is 1.03. The second-order valence-electron chi connectivity index (χ2n) is 3.57. The van der Waals surface area contributed by atoms with Crippen molar-refractivity contribution in [1.82, 2.24) is 10.5 Å². The summed E-state index contributed by atoms with van der Waals surface area (Å²) >= 11 is 0. The van der Waals surface area contributed by atoms with E-state index in [9.17, 15) is 0 Å². The first-order valence-electron chi connectivity index (χ1n) is 4.71.